The molecule has 2 amide bonds. The van der Waals surface area contributed by atoms with Gasteiger partial charge in [0.1, 0.15) is 6.61 Å². The first-order valence-electron chi connectivity index (χ1n) is 10.4. The Bertz CT molecular complexity index is 646. The highest BCUT2D eigenvalue weighted by Gasteiger charge is 2.31. The van der Waals surface area contributed by atoms with Gasteiger partial charge in [-0.1, -0.05) is 0 Å². The maximum atomic E-state index is 12.2. The van der Waals surface area contributed by atoms with Crippen molar-refractivity contribution in [1.29, 1.82) is 0 Å². The number of carbonyl (C=O) groups is 2. The zero-order valence-electron chi connectivity index (χ0n) is 17.1. The molecule has 0 radical (unpaired) electrons. The first kappa shape index (κ1) is 20.8. The number of hydrogen-bond acceptors (Lipinski definition) is 5. The maximum absolute atomic E-state index is 12.2. The summed E-state index contributed by atoms with van der Waals surface area (Å²) in [5.74, 6) is 2.13. The van der Waals surface area contributed by atoms with Crippen LogP contribution < -0.4 is 5.32 Å². The van der Waals surface area contributed by atoms with E-state index < -0.39 is 0 Å². The number of likely N-dealkylation sites (tertiary alicyclic amines) is 2. The van der Waals surface area contributed by atoms with Crippen LogP contribution in [0.1, 0.15) is 32.6 Å². The molecule has 0 aliphatic carbocycles. The fourth-order valence-electron chi connectivity index (χ4n) is 4.35. The van der Waals surface area contributed by atoms with Crippen molar-refractivity contribution >= 4 is 17.6 Å². The standard InChI is InChI=1S/C20H33N5O3/c1-3-28-15-20(27)25-12-6-17(7-13-25)16-4-10-24(11-5-16)14-19(26)21-18-8-9-23(2)22-18/h8-9,16-17H,3-7,10-15H2,1-2H3,(H,21,22,26). The SMILES string of the molecule is CCOCC(=O)N1CCC(C2CCN(CC(=O)Nc3ccn(C)n3)CC2)CC1. The minimum Gasteiger partial charge on any atom is -0.372 e. The summed E-state index contributed by atoms with van der Waals surface area (Å²) in [6.45, 7) is 6.75. The monoisotopic (exact) mass is 391 g/mol. The summed E-state index contributed by atoms with van der Waals surface area (Å²) in [6.07, 6.45) is 6.26. The second kappa shape index (κ2) is 10.0. The number of aromatic nitrogens is 2. The molecule has 8 nitrogen and oxygen atoms in total. The Labute approximate surface area is 167 Å². The van der Waals surface area contributed by atoms with Gasteiger partial charge in [-0.05, 0) is 57.5 Å². The molecule has 28 heavy (non-hydrogen) atoms. The molecule has 1 N–H and O–H groups in total. The number of aryl methyl sites for hydroxylation is 1. The summed E-state index contributed by atoms with van der Waals surface area (Å²) in [5, 5.41) is 7.04. The third-order valence-corrected chi connectivity index (χ3v) is 5.97. The topological polar surface area (TPSA) is 79.7 Å². The Hall–Kier alpha value is -1.93. The van der Waals surface area contributed by atoms with E-state index in [9.17, 15) is 9.59 Å². The van der Waals surface area contributed by atoms with Crippen LogP contribution >= 0.6 is 0 Å². The predicted octanol–water partition coefficient (Wildman–Crippen LogP) is 1.35. The Morgan fingerprint density at radius 1 is 1.14 bits per heavy atom. The van der Waals surface area contributed by atoms with Crippen molar-refractivity contribution in [2.45, 2.75) is 32.6 Å². The van der Waals surface area contributed by atoms with Gasteiger partial charge >= 0.3 is 0 Å². The van der Waals surface area contributed by atoms with E-state index >= 15 is 0 Å². The largest absolute Gasteiger partial charge is 0.372 e. The summed E-state index contributed by atoms with van der Waals surface area (Å²) < 4.78 is 6.92. The molecule has 2 saturated heterocycles. The van der Waals surface area contributed by atoms with Crippen molar-refractivity contribution in [1.82, 2.24) is 19.6 Å². The number of anilines is 1. The lowest BCUT2D eigenvalue weighted by Crippen LogP contribution is -2.44. The smallest absolute Gasteiger partial charge is 0.248 e. The summed E-state index contributed by atoms with van der Waals surface area (Å²) in [4.78, 5) is 28.4. The number of ether oxygens (including phenoxy) is 1. The van der Waals surface area contributed by atoms with Crippen LogP contribution in [0.5, 0.6) is 0 Å². The van der Waals surface area contributed by atoms with Crippen LogP contribution in [0.2, 0.25) is 0 Å². The van der Waals surface area contributed by atoms with Crippen molar-refractivity contribution in [3.63, 3.8) is 0 Å². The molecule has 2 aliphatic heterocycles. The number of hydrogen-bond donors (Lipinski definition) is 1. The van der Waals surface area contributed by atoms with Gasteiger partial charge in [0.25, 0.3) is 0 Å². The normalized spacial score (nSPS) is 19.7. The first-order chi connectivity index (χ1) is 13.5. The predicted molar refractivity (Wildman–Crippen MR) is 107 cm³/mol. The van der Waals surface area contributed by atoms with Crippen LogP contribution in [0.4, 0.5) is 5.82 Å². The average molecular weight is 392 g/mol. The molecule has 0 bridgehead atoms. The fourth-order valence-corrected chi connectivity index (χ4v) is 4.35. The van der Waals surface area contributed by atoms with Gasteiger partial charge in [-0.2, -0.15) is 5.10 Å². The average Bonchev–Trinajstić information content (AvgIpc) is 3.11. The molecule has 0 aromatic carbocycles. The molecular formula is C20H33N5O3. The van der Waals surface area contributed by atoms with Gasteiger partial charge in [0, 0.05) is 39.0 Å². The maximum Gasteiger partial charge on any atom is 0.248 e. The van der Waals surface area contributed by atoms with Gasteiger partial charge in [0.05, 0.1) is 6.54 Å². The third-order valence-electron chi connectivity index (χ3n) is 5.97. The van der Waals surface area contributed by atoms with Gasteiger partial charge in [0.2, 0.25) is 11.8 Å². The Morgan fingerprint density at radius 3 is 2.36 bits per heavy atom. The lowest BCUT2D eigenvalue weighted by molar-refractivity contribution is -0.137. The molecule has 3 rings (SSSR count). The molecule has 0 spiro atoms. The minimum absolute atomic E-state index is 0.00160. The number of rotatable bonds is 7. The molecule has 0 saturated carbocycles. The number of carbonyl (C=O) groups excluding carboxylic acids is 2. The molecule has 0 atom stereocenters. The Kier molecular flexibility index (Phi) is 7.44. The molecule has 8 heteroatoms. The van der Waals surface area contributed by atoms with Gasteiger partial charge in [-0.3, -0.25) is 19.2 Å². The minimum atomic E-state index is -0.00160. The van der Waals surface area contributed by atoms with Crippen LogP contribution in [-0.4, -0.2) is 77.3 Å². The summed E-state index contributed by atoms with van der Waals surface area (Å²) in [7, 11) is 1.83. The molecule has 2 aliphatic rings. The van der Waals surface area contributed by atoms with Crippen molar-refractivity contribution in [2.75, 3.05) is 51.3 Å². The highest BCUT2D eigenvalue weighted by Crippen LogP contribution is 2.32. The second-order valence-corrected chi connectivity index (χ2v) is 7.89. The molecule has 3 heterocycles. The number of piperidine rings is 2. The van der Waals surface area contributed by atoms with Gasteiger partial charge in [-0.15, -0.1) is 0 Å². The van der Waals surface area contributed by atoms with E-state index in [1.165, 1.54) is 0 Å². The van der Waals surface area contributed by atoms with Crippen LogP contribution in [0, 0.1) is 11.8 Å². The second-order valence-electron chi connectivity index (χ2n) is 7.89. The van der Waals surface area contributed by atoms with Gasteiger partial charge in [0.15, 0.2) is 5.82 Å². The highest BCUT2D eigenvalue weighted by molar-refractivity contribution is 5.91. The summed E-state index contributed by atoms with van der Waals surface area (Å²) in [6, 6.07) is 1.80. The lowest BCUT2D eigenvalue weighted by Gasteiger charge is -2.40. The number of nitrogens with zero attached hydrogens (tertiary/aromatic N) is 4. The van der Waals surface area contributed by atoms with E-state index in [0.29, 0.717) is 30.8 Å². The van der Waals surface area contributed by atoms with Crippen molar-refractivity contribution in [3.8, 4) is 0 Å². The van der Waals surface area contributed by atoms with E-state index in [4.69, 9.17) is 4.74 Å². The van der Waals surface area contributed by atoms with Crippen LogP contribution in [-0.2, 0) is 21.4 Å². The quantitative estimate of drug-likeness (QED) is 0.759. The van der Waals surface area contributed by atoms with Crippen molar-refractivity contribution in [3.05, 3.63) is 12.3 Å². The van der Waals surface area contributed by atoms with Gasteiger partial charge in [-0.25, -0.2) is 0 Å². The zero-order chi connectivity index (χ0) is 19.9. The molecule has 156 valence electrons. The number of nitrogens with one attached hydrogen (secondary N) is 1. The van der Waals surface area contributed by atoms with Crippen molar-refractivity contribution < 1.29 is 14.3 Å². The van der Waals surface area contributed by atoms with Crippen LogP contribution in [0.15, 0.2) is 12.3 Å². The first-order valence-corrected chi connectivity index (χ1v) is 10.4. The highest BCUT2D eigenvalue weighted by atomic mass is 16.5. The Morgan fingerprint density at radius 2 is 1.79 bits per heavy atom. The van der Waals surface area contributed by atoms with Crippen LogP contribution in [0.25, 0.3) is 0 Å². The molecular weight excluding hydrogens is 358 g/mol. The van der Waals surface area contributed by atoms with Crippen molar-refractivity contribution in [2.24, 2.45) is 18.9 Å². The zero-order valence-corrected chi connectivity index (χ0v) is 17.1. The third kappa shape index (κ3) is 5.78. The van der Waals surface area contributed by atoms with E-state index in [1.54, 1.807) is 10.7 Å². The lowest BCUT2D eigenvalue weighted by atomic mass is 9.79. The van der Waals surface area contributed by atoms with E-state index in [2.05, 4.69) is 15.3 Å². The molecule has 1 aromatic rings. The van der Waals surface area contributed by atoms with E-state index in [1.807, 2.05) is 25.1 Å². The summed E-state index contributed by atoms with van der Waals surface area (Å²) in [5.41, 5.74) is 0. The van der Waals surface area contributed by atoms with E-state index in [-0.39, 0.29) is 18.4 Å². The van der Waals surface area contributed by atoms with E-state index in [0.717, 1.165) is 51.9 Å². The molecule has 0 unspecified atom stereocenters. The Balaban J connectivity index is 1.35. The molecule has 2 fully saturated rings. The summed E-state index contributed by atoms with van der Waals surface area (Å²) >= 11 is 0. The van der Waals surface area contributed by atoms with Gasteiger partial charge < -0.3 is 15.0 Å². The van der Waals surface area contributed by atoms with Crippen LogP contribution in [0.3, 0.4) is 0 Å². The fraction of sp³-hybridized carbons (Fsp3) is 0.750. The number of amides is 2. The molecule has 1 aromatic heterocycles.